The van der Waals surface area contributed by atoms with E-state index in [-0.39, 0.29) is 5.91 Å². The SMILES string of the molecule is Cc1cccc(N=C2NC(=O)C(=Cc3cnn(-c4ccccc4)c3)S2)c1. The summed E-state index contributed by atoms with van der Waals surface area (Å²) in [5.74, 6) is -0.145. The monoisotopic (exact) mass is 360 g/mol. The van der Waals surface area contributed by atoms with Crippen molar-refractivity contribution in [3.8, 4) is 5.69 Å². The molecule has 1 aliphatic heterocycles. The van der Waals surface area contributed by atoms with Crippen LogP contribution in [0.5, 0.6) is 0 Å². The van der Waals surface area contributed by atoms with Crippen molar-refractivity contribution in [1.82, 2.24) is 15.1 Å². The number of thioether (sulfide) groups is 1. The van der Waals surface area contributed by atoms with E-state index in [1.54, 1.807) is 10.9 Å². The summed E-state index contributed by atoms with van der Waals surface area (Å²) < 4.78 is 1.78. The minimum Gasteiger partial charge on any atom is -0.300 e. The van der Waals surface area contributed by atoms with E-state index in [2.05, 4.69) is 15.4 Å². The van der Waals surface area contributed by atoms with Gasteiger partial charge in [-0.3, -0.25) is 4.79 Å². The minimum absolute atomic E-state index is 0.145. The first-order chi connectivity index (χ1) is 12.7. The van der Waals surface area contributed by atoms with Gasteiger partial charge < -0.3 is 5.32 Å². The van der Waals surface area contributed by atoms with Gasteiger partial charge in [-0.25, -0.2) is 9.67 Å². The molecule has 1 aromatic heterocycles. The summed E-state index contributed by atoms with van der Waals surface area (Å²) in [5, 5.41) is 7.75. The van der Waals surface area contributed by atoms with Crippen LogP contribution in [0.25, 0.3) is 11.8 Å². The Kier molecular flexibility index (Phi) is 4.41. The Labute approximate surface area is 155 Å². The summed E-state index contributed by atoms with van der Waals surface area (Å²) in [4.78, 5) is 17.3. The lowest BCUT2D eigenvalue weighted by Gasteiger charge is -1.98. The largest absolute Gasteiger partial charge is 0.300 e. The molecule has 1 saturated heterocycles. The van der Waals surface area contributed by atoms with Gasteiger partial charge in [0.05, 0.1) is 22.5 Å². The van der Waals surface area contributed by atoms with Crippen LogP contribution in [0.1, 0.15) is 11.1 Å². The van der Waals surface area contributed by atoms with Crippen LogP contribution in [0.4, 0.5) is 5.69 Å². The number of aromatic nitrogens is 2. The van der Waals surface area contributed by atoms with Crippen molar-refractivity contribution in [2.24, 2.45) is 4.99 Å². The van der Waals surface area contributed by atoms with Gasteiger partial charge in [-0.05, 0) is 54.6 Å². The molecule has 6 heteroatoms. The van der Waals surface area contributed by atoms with E-state index in [1.807, 2.05) is 73.8 Å². The highest BCUT2D eigenvalue weighted by Crippen LogP contribution is 2.28. The molecule has 0 atom stereocenters. The third kappa shape index (κ3) is 3.60. The van der Waals surface area contributed by atoms with Gasteiger partial charge in [0.15, 0.2) is 5.17 Å². The van der Waals surface area contributed by atoms with Gasteiger partial charge in [0, 0.05) is 11.8 Å². The van der Waals surface area contributed by atoms with Gasteiger partial charge in [-0.1, -0.05) is 30.3 Å². The predicted octanol–water partition coefficient (Wildman–Crippen LogP) is 4.07. The lowest BCUT2D eigenvalue weighted by Crippen LogP contribution is -2.19. The molecule has 0 aliphatic carbocycles. The fourth-order valence-corrected chi connectivity index (χ4v) is 3.42. The van der Waals surface area contributed by atoms with E-state index >= 15 is 0 Å². The van der Waals surface area contributed by atoms with Crippen LogP contribution in [0.2, 0.25) is 0 Å². The number of rotatable bonds is 3. The second-order valence-corrected chi connectivity index (χ2v) is 6.91. The second kappa shape index (κ2) is 7.01. The molecule has 1 fully saturated rings. The maximum absolute atomic E-state index is 12.2. The first-order valence-corrected chi connectivity index (χ1v) is 8.95. The third-order valence-electron chi connectivity index (χ3n) is 3.80. The number of nitrogens with zero attached hydrogens (tertiary/aromatic N) is 3. The van der Waals surface area contributed by atoms with Crippen LogP contribution in [0, 0.1) is 6.92 Å². The molecule has 2 heterocycles. The minimum atomic E-state index is -0.145. The van der Waals surface area contributed by atoms with Crippen LogP contribution in [-0.4, -0.2) is 20.9 Å². The fourth-order valence-electron chi connectivity index (χ4n) is 2.58. The maximum atomic E-state index is 12.2. The molecule has 1 amide bonds. The highest BCUT2D eigenvalue weighted by molar-refractivity contribution is 8.18. The van der Waals surface area contributed by atoms with Crippen LogP contribution in [0.15, 0.2) is 76.9 Å². The van der Waals surface area contributed by atoms with E-state index in [0.717, 1.165) is 22.5 Å². The van der Waals surface area contributed by atoms with Gasteiger partial charge in [-0.2, -0.15) is 5.10 Å². The topological polar surface area (TPSA) is 59.3 Å². The third-order valence-corrected chi connectivity index (χ3v) is 4.71. The summed E-state index contributed by atoms with van der Waals surface area (Å²) in [6.45, 7) is 2.01. The Hall–Kier alpha value is -3.12. The molecule has 128 valence electrons. The number of amidine groups is 1. The number of benzene rings is 2. The molecule has 3 aromatic rings. The zero-order valence-corrected chi connectivity index (χ0v) is 14.9. The van der Waals surface area contributed by atoms with E-state index < -0.39 is 0 Å². The highest BCUT2D eigenvalue weighted by atomic mass is 32.2. The Bertz CT molecular complexity index is 1020. The number of hydrogen-bond donors (Lipinski definition) is 1. The fraction of sp³-hybridized carbons (Fsp3) is 0.0500. The summed E-state index contributed by atoms with van der Waals surface area (Å²) >= 11 is 1.33. The molecule has 26 heavy (non-hydrogen) atoms. The zero-order valence-electron chi connectivity index (χ0n) is 14.1. The first-order valence-electron chi connectivity index (χ1n) is 8.14. The molecular formula is C20H16N4OS. The standard InChI is InChI=1S/C20H16N4OS/c1-14-6-5-7-16(10-14)22-20-23-19(25)18(26-20)11-15-12-21-24(13-15)17-8-3-2-4-9-17/h2-13H,1H3,(H,22,23,25). The van der Waals surface area contributed by atoms with E-state index in [4.69, 9.17) is 0 Å². The van der Waals surface area contributed by atoms with Gasteiger partial charge in [0.2, 0.25) is 0 Å². The summed E-state index contributed by atoms with van der Waals surface area (Å²) in [7, 11) is 0. The quantitative estimate of drug-likeness (QED) is 0.716. The van der Waals surface area contributed by atoms with Crippen molar-refractivity contribution in [1.29, 1.82) is 0 Å². The highest BCUT2D eigenvalue weighted by Gasteiger charge is 2.24. The van der Waals surface area contributed by atoms with Gasteiger partial charge >= 0.3 is 0 Å². The van der Waals surface area contributed by atoms with Crippen molar-refractivity contribution >= 4 is 34.6 Å². The molecule has 1 N–H and O–H groups in total. The molecule has 1 aliphatic rings. The van der Waals surface area contributed by atoms with E-state index in [1.165, 1.54) is 11.8 Å². The Morgan fingerprint density at radius 3 is 2.81 bits per heavy atom. The number of hydrogen-bond acceptors (Lipinski definition) is 4. The Morgan fingerprint density at radius 2 is 2.00 bits per heavy atom. The number of aliphatic imine (C=N–C) groups is 1. The van der Waals surface area contributed by atoms with Crippen LogP contribution in [0.3, 0.4) is 0 Å². The van der Waals surface area contributed by atoms with E-state index in [9.17, 15) is 4.79 Å². The number of para-hydroxylation sites is 1. The molecule has 5 nitrogen and oxygen atoms in total. The second-order valence-electron chi connectivity index (χ2n) is 5.87. The van der Waals surface area contributed by atoms with Gasteiger partial charge in [0.25, 0.3) is 5.91 Å². The van der Waals surface area contributed by atoms with Crippen LogP contribution in [-0.2, 0) is 4.79 Å². The molecule has 0 spiro atoms. The Balaban J connectivity index is 1.55. The maximum Gasteiger partial charge on any atom is 0.264 e. The zero-order chi connectivity index (χ0) is 17.9. The van der Waals surface area contributed by atoms with E-state index in [0.29, 0.717) is 10.1 Å². The average Bonchev–Trinajstić information content (AvgIpc) is 3.23. The van der Waals surface area contributed by atoms with Crippen LogP contribution >= 0.6 is 11.8 Å². The first kappa shape index (κ1) is 16.4. The lowest BCUT2D eigenvalue weighted by atomic mass is 10.2. The van der Waals surface area contributed by atoms with Crippen LogP contribution < -0.4 is 5.32 Å². The number of amides is 1. The molecule has 0 radical (unpaired) electrons. The van der Waals surface area contributed by atoms with Crippen molar-refractivity contribution in [3.63, 3.8) is 0 Å². The number of carbonyl (C=O) groups excluding carboxylic acids is 1. The predicted molar refractivity (Wildman–Crippen MR) is 106 cm³/mol. The summed E-state index contributed by atoms with van der Waals surface area (Å²) in [6, 6.07) is 17.7. The summed E-state index contributed by atoms with van der Waals surface area (Å²) in [5.41, 5.74) is 3.79. The molecule has 0 saturated carbocycles. The normalized spacial score (nSPS) is 17.0. The number of aryl methyl sites for hydroxylation is 1. The van der Waals surface area contributed by atoms with Crippen molar-refractivity contribution in [2.45, 2.75) is 6.92 Å². The van der Waals surface area contributed by atoms with Crippen molar-refractivity contribution in [3.05, 3.63) is 83.0 Å². The van der Waals surface area contributed by atoms with Crippen molar-refractivity contribution in [2.75, 3.05) is 0 Å². The Morgan fingerprint density at radius 1 is 1.15 bits per heavy atom. The van der Waals surface area contributed by atoms with Gasteiger partial charge in [0.1, 0.15) is 0 Å². The molecule has 0 bridgehead atoms. The molecule has 4 rings (SSSR count). The smallest absolute Gasteiger partial charge is 0.264 e. The van der Waals surface area contributed by atoms with Gasteiger partial charge in [-0.15, -0.1) is 0 Å². The van der Waals surface area contributed by atoms with Crippen molar-refractivity contribution < 1.29 is 4.79 Å². The number of nitrogens with one attached hydrogen (secondary N) is 1. The molecular weight excluding hydrogens is 344 g/mol. The number of carbonyl (C=O) groups is 1. The summed E-state index contributed by atoms with van der Waals surface area (Å²) in [6.07, 6.45) is 5.46. The lowest BCUT2D eigenvalue weighted by molar-refractivity contribution is -0.115. The molecule has 0 unspecified atom stereocenters. The molecule has 2 aromatic carbocycles. The average molecular weight is 360 g/mol.